The lowest BCUT2D eigenvalue weighted by Crippen LogP contribution is -2.38. The van der Waals surface area contributed by atoms with Crippen LogP contribution in [0.25, 0.3) is 0 Å². The number of hydrogen-bond acceptors (Lipinski definition) is 5. The van der Waals surface area contributed by atoms with Crippen LogP contribution in [0.1, 0.15) is 51.8 Å². The van der Waals surface area contributed by atoms with Crippen LogP contribution in [-0.4, -0.2) is 24.4 Å². The van der Waals surface area contributed by atoms with Crippen molar-refractivity contribution in [3.8, 4) is 5.75 Å². The minimum atomic E-state index is -0.399. The van der Waals surface area contributed by atoms with Crippen molar-refractivity contribution in [2.24, 2.45) is 10.9 Å². The van der Waals surface area contributed by atoms with Crippen molar-refractivity contribution in [2.45, 2.75) is 24.8 Å². The largest absolute Gasteiger partial charge is 0.497 e. The summed E-state index contributed by atoms with van der Waals surface area (Å²) in [5.74, 6) is 0.559. The fourth-order valence-corrected chi connectivity index (χ4v) is 5.60. The first kappa shape index (κ1) is 23.9. The molecule has 1 N–H and O–H groups in total. The van der Waals surface area contributed by atoms with E-state index in [0.29, 0.717) is 29.7 Å². The molecular weight excluding hydrogens is 472 g/mol. The van der Waals surface area contributed by atoms with Gasteiger partial charge in [-0.25, -0.2) is 0 Å². The van der Waals surface area contributed by atoms with E-state index in [-0.39, 0.29) is 23.5 Å². The van der Waals surface area contributed by atoms with E-state index in [9.17, 15) is 9.59 Å². The van der Waals surface area contributed by atoms with Crippen molar-refractivity contribution in [3.63, 3.8) is 0 Å². The average Bonchev–Trinajstić information content (AvgIpc) is 3.14. The van der Waals surface area contributed by atoms with E-state index in [4.69, 9.17) is 9.73 Å². The van der Waals surface area contributed by atoms with E-state index < -0.39 is 5.92 Å². The summed E-state index contributed by atoms with van der Waals surface area (Å²) in [5, 5.41) is 3.62. The molecule has 1 fully saturated rings. The highest BCUT2D eigenvalue weighted by Gasteiger charge is 2.41. The molecule has 5 nitrogen and oxygen atoms in total. The third-order valence-electron chi connectivity index (χ3n) is 7.56. The summed E-state index contributed by atoms with van der Waals surface area (Å²) in [5.41, 5.74) is 5.69. The molecule has 0 saturated heterocycles. The van der Waals surface area contributed by atoms with Gasteiger partial charge in [0.15, 0.2) is 5.78 Å². The van der Waals surface area contributed by atoms with Crippen molar-refractivity contribution < 1.29 is 14.3 Å². The van der Waals surface area contributed by atoms with Gasteiger partial charge >= 0.3 is 0 Å². The van der Waals surface area contributed by atoms with Crippen molar-refractivity contribution in [3.05, 3.63) is 125 Å². The number of nitrogens with zero attached hydrogens (tertiary/aromatic N) is 1. The molecule has 3 unspecified atom stereocenters. The van der Waals surface area contributed by atoms with Gasteiger partial charge in [0.1, 0.15) is 11.5 Å². The summed E-state index contributed by atoms with van der Waals surface area (Å²) in [6.07, 6.45) is 1.15. The van der Waals surface area contributed by atoms with Crippen molar-refractivity contribution in [1.29, 1.82) is 0 Å². The summed E-state index contributed by atoms with van der Waals surface area (Å²) in [6, 6.07) is 32.6. The molecule has 0 spiro atoms. The van der Waals surface area contributed by atoms with Gasteiger partial charge < -0.3 is 10.1 Å². The Balaban J connectivity index is 1.44. The van der Waals surface area contributed by atoms with Crippen molar-refractivity contribution in [1.82, 2.24) is 0 Å². The van der Waals surface area contributed by atoms with Gasteiger partial charge in [-0.1, -0.05) is 72.8 Å². The second-order valence-corrected chi connectivity index (χ2v) is 9.89. The van der Waals surface area contributed by atoms with Crippen LogP contribution in [-0.2, 0) is 4.79 Å². The van der Waals surface area contributed by atoms with Crippen molar-refractivity contribution >= 4 is 28.7 Å². The van der Waals surface area contributed by atoms with Crippen LogP contribution >= 0.6 is 0 Å². The predicted molar refractivity (Wildman–Crippen MR) is 150 cm³/mol. The first-order valence-electron chi connectivity index (χ1n) is 12.9. The fraction of sp³-hybridized carbons (Fsp3) is 0.182. The zero-order valence-corrected chi connectivity index (χ0v) is 21.1. The molecule has 3 atom stereocenters. The van der Waals surface area contributed by atoms with Gasteiger partial charge in [-0.2, -0.15) is 0 Å². The number of ether oxygens (including phenoxy) is 1. The Labute approximate surface area is 222 Å². The number of Topliss-reactive ketones (excluding diaryl/α,β-unsaturated/α-hetero) is 1. The van der Waals surface area contributed by atoms with Gasteiger partial charge in [0.05, 0.1) is 30.4 Å². The Morgan fingerprint density at radius 2 is 1.53 bits per heavy atom. The Morgan fingerprint density at radius 1 is 0.816 bits per heavy atom. The summed E-state index contributed by atoms with van der Waals surface area (Å²) in [7, 11) is 1.64. The molecule has 4 aromatic carbocycles. The smallest absolute Gasteiger partial charge is 0.193 e. The number of carbonyl (C=O) groups is 2. The molecular formula is C33H28N2O3. The molecule has 38 heavy (non-hydrogen) atoms. The molecule has 0 radical (unpaired) electrons. The summed E-state index contributed by atoms with van der Waals surface area (Å²) >= 11 is 0. The molecule has 4 aromatic rings. The number of aliphatic imine (C=N–C) groups is 1. The Bertz CT molecular complexity index is 1510. The first-order valence-corrected chi connectivity index (χ1v) is 12.9. The molecule has 1 aliphatic carbocycles. The van der Waals surface area contributed by atoms with Crippen LogP contribution in [0.15, 0.2) is 108 Å². The Morgan fingerprint density at radius 3 is 2.24 bits per heavy atom. The molecule has 0 amide bonds. The lowest BCUT2D eigenvalue weighted by molar-refractivity contribution is -0.122. The van der Waals surface area contributed by atoms with Gasteiger partial charge in [0, 0.05) is 23.3 Å². The molecule has 2 aliphatic rings. The van der Waals surface area contributed by atoms with E-state index in [2.05, 4.69) is 17.4 Å². The van der Waals surface area contributed by atoms with Crippen LogP contribution in [0.2, 0.25) is 0 Å². The molecule has 1 aliphatic heterocycles. The maximum atomic E-state index is 13.8. The Kier molecular flexibility index (Phi) is 6.34. The molecule has 1 heterocycles. The fourth-order valence-electron chi connectivity index (χ4n) is 5.60. The molecule has 5 heteroatoms. The van der Waals surface area contributed by atoms with Crippen LogP contribution < -0.4 is 10.1 Å². The van der Waals surface area contributed by atoms with Gasteiger partial charge in [-0.15, -0.1) is 0 Å². The number of nitrogens with one attached hydrogen (secondary N) is 1. The molecule has 1 saturated carbocycles. The SMILES string of the molecule is COc1ccc(C2Nc3ccc(C(=O)c4ccccc4)cc3N=C3CC(c4ccccc4)CC(=O)C32)cc1. The van der Waals surface area contributed by atoms with Gasteiger partial charge in [0.25, 0.3) is 0 Å². The third-order valence-corrected chi connectivity index (χ3v) is 7.56. The number of carbonyl (C=O) groups excluding carboxylic acids is 2. The number of rotatable bonds is 5. The number of methoxy groups -OCH3 is 1. The Hall–Kier alpha value is -4.51. The second-order valence-electron chi connectivity index (χ2n) is 9.89. The maximum Gasteiger partial charge on any atom is 0.193 e. The number of anilines is 1. The minimum Gasteiger partial charge on any atom is -0.497 e. The zero-order chi connectivity index (χ0) is 26.1. The standard InChI is InChI=1S/C33H28N2O3/c1-38-26-15-12-22(13-16-26)32-31-29(19-25(20-30(31)36)21-8-4-2-5-9-21)34-28-18-24(14-17-27(28)35-32)33(37)23-10-6-3-7-11-23/h2-18,25,31-32,35H,19-20H2,1H3. The molecule has 6 rings (SSSR count). The highest BCUT2D eigenvalue weighted by molar-refractivity contribution is 6.12. The van der Waals surface area contributed by atoms with E-state index in [1.165, 1.54) is 0 Å². The van der Waals surface area contributed by atoms with E-state index in [1.807, 2.05) is 91.0 Å². The normalized spacial score (nSPS) is 20.3. The van der Waals surface area contributed by atoms with Crippen LogP contribution in [0.4, 0.5) is 11.4 Å². The van der Waals surface area contributed by atoms with Gasteiger partial charge in [-0.05, 0) is 53.8 Å². The number of fused-ring (bicyclic) bond motifs is 2. The van der Waals surface area contributed by atoms with Crippen LogP contribution in [0, 0.1) is 5.92 Å². The third kappa shape index (κ3) is 4.52. The van der Waals surface area contributed by atoms with Gasteiger partial charge in [-0.3, -0.25) is 14.6 Å². The molecule has 188 valence electrons. The van der Waals surface area contributed by atoms with Crippen LogP contribution in [0.3, 0.4) is 0 Å². The summed E-state index contributed by atoms with van der Waals surface area (Å²) in [4.78, 5) is 32.1. The average molecular weight is 501 g/mol. The lowest BCUT2D eigenvalue weighted by Gasteiger charge is -2.34. The van der Waals surface area contributed by atoms with E-state index in [0.717, 1.165) is 28.3 Å². The highest BCUT2D eigenvalue weighted by atomic mass is 16.5. The second kappa shape index (κ2) is 10.1. The van der Waals surface area contributed by atoms with Crippen LogP contribution in [0.5, 0.6) is 5.75 Å². The van der Waals surface area contributed by atoms with Crippen molar-refractivity contribution in [2.75, 3.05) is 12.4 Å². The maximum absolute atomic E-state index is 13.8. The number of ketones is 2. The summed E-state index contributed by atoms with van der Waals surface area (Å²) < 4.78 is 5.36. The predicted octanol–water partition coefficient (Wildman–Crippen LogP) is 6.93. The number of hydrogen-bond donors (Lipinski definition) is 1. The molecule has 0 bridgehead atoms. The van der Waals surface area contributed by atoms with Gasteiger partial charge in [0.2, 0.25) is 0 Å². The quantitative estimate of drug-likeness (QED) is 0.302. The topological polar surface area (TPSA) is 67.8 Å². The van der Waals surface area contributed by atoms with E-state index in [1.54, 1.807) is 7.11 Å². The minimum absolute atomic E-state index is 0.0528. The van der Waals surface area contributed by atoms with E-state index >= 15 is 0 Å². The zero-order valence-electron chi connectivity index (χ0n) is 21.1. The monoisotopic (exact) mass is 500 g/mol. The molecule has 0 aromatic heterocycles. The highest BCUT2D eigenvalue weighted by Crippen LogP contribution is 2.44. The number of benzene rings is 4. The lowest BCUT2D eigenvalue weighted by atomic mass is 9.72. The first-order chi connectivity index (χ1) is 18.6. The summed E-state index contributed by atoms with van der Waals surface area (Å²) in [6.45, 7) is 0.